The van der Waals surface area contributed by atoms with Crippen LogP contribution in [0.1, 0.15) is 20.8 Å². The van der Waals surface area contributed by atoms with E-state index in [1.807, 2.05) is 0 Å². The second-order valence-electron chi connectivity index (χ2n) is 3.84. The minimum atomic E-state index is -1.34. The molecule has 0 aliphatic heterocycles. The van der Waals surface area contributed by atoms with Gasteiger partial charge in [0.25, 0.3) is 0 Å². The first-order chi connectivity index (χ1) is 6.28. The van der Waals surface area contributed by atoms with Gasteiger partial charge in [-0.3, -0.25) is 4.79 Å². The number of carboxylic acid groups (broad SMARTS) is 1. The van der Waals surface area contributed by atoms with Gasteiger partial charge in [0.1, 0.15) is 12.0 Å². The number of rotatable bonds is 4. The van der Waals surface area contributed by atoms with Crippen LogP contribution >= 0.6 is 0 Å². The van der Waals surface area contributed by atoms with Crippen LogP contribution in [0.5, 0.6) is 0 Å². The maximum atomic E-state index is 10.4. The van der Waals surface area contributed by atoms with Crippen molar-refractivity contribution in [2.24, 2.45) is 5.73 Å². The van der Waals surface area contributed by atoms with Gasteiger partial charge in [0.2, 0.25) is 0 Å². The monoisotopic (exact) mass is 201 g/mol. The van der Waals surface area contributed by atoms with E-state index in [2.05, 4.69) is 0 Å². The molecule has 0 fully saturated rings. The molecule has 0 radical (unpaired) electrons. The van der Waals surface area contributed by atoms with Crippen molar-refractivity contribution in [3.8, 4) is 0 Å². The SMILES string of the molecule is CC(C)(C)OCC(=C=O)C(N)C(=O)O. The van der Waals surface area contributed by atoms with Gasteiger partial charge in [0.15, 0.2) is 0 Å². The number of hydrogen-bond acceptors (Lipinski definition) is 4. The van der Waals surface area contributed by atoms with Gasteiger partial charge in [-0.25, -0.2) is 4.79 Å². The Morgan fingerprint density at radius 3 is 2.36 bits per heavy atom. The summed E-state index contributed by atoms with van der Waals surface area (Å²) in [7, 11) is 0. The molecular weight excluding hydrogens is 186 g/mol. The summed E-state index contributed by atoms with van der Waals surface area (Å²) in [5.74, 6) is 0.228. The van der Waals surface area contributed by atoms with Crippen LogP contribution in [0.4, 0.5) is 0 Å². The minimum absolute atomic E-state index is 0.0903. The Kier molecular flexibility index (Phi) is 4.50. The summed E-state index contributed by atoms with van der Waals surface area (Å²) >= 11 is 0. The van der Waals surface area contributed by atoms with E-state index in [0.29, 0.717) is 0 Å². The van der Waals surface area contributed by atoms with Gasteiger partial charge in [-0.2, -0.15) is 0 Å². The molecule has 0 aliphatic carbocycles. The molecule has 0 rings (SSSR count). The maximum absolute atomic E-state index is 10.4. The fraction of sp³-hybridized carbons (Fsp3) is 0.667. The number of hydrogen-bond donors (Lipinski definition) is 2. The Morgan fingerprint density at radius 1 is 1.57 bits per heavy atom. The zero-order valence-corrected chi connectivity index (χ0v) is 8.53. The van der Waals surface area contributed by atoms with E-state index >= 15 is 0 Å². The van der Waals surface area contributed by atoms with Crippen LogP contribution in [0, 0.1) is 0 Å². The van der Waals surface area contributed by atoms with Crippen molar-refractivity contribution in [2.75, 3.05) is 6.61 Å². The molecule has 0 aromatic heterocycles. The lowest BCUT2D eigenvalue weighted by molar-refractivity contribution is -0.137. The molecule has 0 aliphatic rings. The average molecular weight is 201 g/mol. The van der Waals surface area contributed by atoms with Crippen LogP contribution in [0.3, 0.4) is 0 Å². The average Bonchev–Trinajstić information content (AvgIpc) is 2.02. The second-order valence-corrected chi connectivity index (χ2v) is 3.84. The van der Waals surface area contributed by atoms with Gasteiger partial charge in [-0.1, -0.05) is 0 Å². The predicted octanol–water partition coefficient (Wildman–Crippen LogP) is -0.0286. The molecule has 0 heterocycles. The topological polar surface area (TPSA) is 89.6 Å². The van der Waals surface area contributed by atoms with Crippen LogP contribution in [0.15, 0.2) is 5.57 Å². The number of aliphatic carboxylic acids is 1. The van der Waals surface area contributed by atoms with Crippen molar-refractivity contribution in [1.82, 2.24) is 0 Å². The van der Waals surface area contributed by atoms with Crippen molar-refractivity contribution in [3.05, 3.63) is 5.57 Å². The first-order valence-corrected chi connectivity index (χ1v) is 4.14. The standard InChI is InChI=1S/C9H15NO4/c1-9(2,3)14-5-6(4-11)7(10)8(12)13/h7H,5,10H2,1-3H3,(H,12,13). The van der Waals surface area contributed by atoms with Gasteiger partial charge in [-0.05, 0) is 20.8 Å². The van der Waals surface area contributed by atoms with Gasteiger partial charge >= 0.3 is 5.97 Å². The van der Waals surface area contributed by atoms with Crippen molar-refractivity contribution in [1.29, 1.82) is 0 Å². The van der Waals surface area contributed by atoms with Crippen LogP contribution < -0.4 is 5.73 Å². The molecule has 14 heavy (non-hydrogen) atoms. The normalized spacial score (nSPS) is 13.1. The fourth-order valence-electron chi connectivity index (χ4n) is 0.626. The van der Waals surface area contributed by atoms with Gasteiger partial charge in [-0.15, -0.1) is 0 Å². The Hall–Kier alpha value is -1.16. The van der Waals surface area contributed by atoms with Crippen molar-refractivity contribution < 1.29 is 19.4 Å². The van der Waals surface area contributed by atoms with Gasteiger partial charge < -0.3 is 15.6 Å². The van der Waals surface area contributed by atoms with Crippen LogP contribution in [-0.4, -0.2) is 35.3 Å². The van der Waals surface area contributed by atoms with Crippen LogP contribution in [0.2, 0.25) is 0 Å². The minimum Gasteiger partial charge on any atom is -0.480 e. The molecule has 0 saturated heterocycles. The highest BCUT2D eigenvalue weighted by atomic mass is 16.5. The predicted molar refractivity (Wildman–Crippen MR) is 50.5 cm³/mol. The zero-order chi connectivity index (χ0) is 11.4. The molecular formula is C9H15NO4. The van der Waals surface area contributed by atoms with Crippen LogP contribution in [-0.2, 0) is 14.3 Å². The molecule has 5 nitrogen and oxygen atoms in total. The van der Waals surface area contributed by atoms with E-state index in [9.17, 15) is 9.59 Å². The molecule has 0 saturated carbocycles. The number of ether oxygens (including phenoxy) is 1. The molecule has 0 spiro atoms. The molecule has 80 valence electrons. The van der Waals surface area contributed by atoms with E-state index in [-0.39, 0.29) is 12.2 Å². The third kappa shape index (κ3) is 4.77. The number of carbonyl (C=O) groups is 1. The van der Waals surface area contributed by atoms with E-state index in [4.69, 9.17) is 15.6 Å². The maximum Gasteiger partial charge on any atom is 0.325 e. The smallest absolute Gasteiger partial charge is 0.325 e. The fourth-order valence-corrected chi connectivity index (χ4v) is 0.626. The molecule has 0 amide bonds. The molecule has 0 aromatic carbocycles. The highest BCUT2D eigenvalue weighted by molar-refractivity contribution is 5.81. The third-order valence-electron chi connectivity index (χ3n) is 1.43. The Labute approximate surface area is 82.5 Å². The summed E-state index contributed by atoms with van der Waals surface area (Å²) in [6, 6.07) is -1.34. The number of carboxylic acids is 1. The molecule has 5 heteroatoms. The number of nitrogens with two attached hydrogens (primary N) is 1. The first kappa shape index (κ1) is 12.8. The lowest BCUT2D eigenvalue weighted by Crippen LogP contribution is -2.35. The van der Waals surface area contributed by atoms with Crippen LogP contribution in [0.25, 0.3) is 0 Å². The molecule has 0 aromatic rings. The summed E-state index contributed by atoms with van der Waals surface area (Å²) in [6.45, 7) is 5.27. The quantitative estimate of drug-likeness (QED) is 0.623. The summed E-state index contributed by atoms with van der Waals surface area (Å²) in [4.78, 5) is 20.8. The summed E-state index contributed by atoms with van der Waals surface area (Å²) in [6.07, 6.45) is 0. The molecule has 3 N–H and O–H groups in total. The second kappa shape index (κ2) is 4.91. The zero-order valence-electron chi connectivity index (χ0n) is 8.53. The van der Waals surface area contributed by atoms with E-state index in [1.54, 1.807) is 20.8 Å². The van der Waals surface area contributed by atoms with E-state index in [0.717, 1.165) is 0 Å². The Morgan fingerprint density at radius 2 is 2.07 bits per heavy atom. The largest absolute Gasteiger partial charge is 0.480 e. The van der Waals surface area contributed by atoms with E-state index in [1.165, 1.54) is 5.94 Å². The Bertz CT molecular complexity index is 260. The number of carbonyl (C=O) groups excluding carboxylic acids is 1. The van der Waals surface area contributed by atoms with Crippen molar-refractivity contribution in [2.45, 2.75) is 32.4 Å². The third-order valence-corrected chi connectivity index (χ3v) is 1.43. The molecule has 1 atom stereocenters. The highest BCUT2D eigenvalue weighted by Crippen LogP contribution is 2.09. The first-order valence-electron chi connectivity index (χ1n) is 4.14. The summed E-state index contributed by atoms with van der Waals surface area (Å²) in [5.41, 5.74) is 4.69. The highest BCUT2D eigenvalue weighted by Gasteiger charge is 2.21. The summed E-state index contributed by atoms with van der Waals surface area (Å²) < 4.78 is 5.21. The van der Waals surface area contributed by atoms with Crippen molar-refractivity contribution >= 4 is 11.9 Å². The van der Waals surface area contributed by atoms with Crippen molar-refractivity contribution in [3.63, 3.8) is 0 Å². The molecule has 0 bridgehead atoms. The van der Waals surface area contributed by atoms with E-state index < -0.39 is 17.6 Å². The summed E-state index contributed by atoms with van der Waals surface area (Å²) in [5, 5.41) is 8.53. The molecule has 1 unspecified atom stereocenters. The van der Waals surface area contributed by atoms with Gasteiger partial charge in [0, 0.05) is 0 Å². The lowest BCUT2D eigenvalue weighted by atomic mass is 10.1. The lowest BCUT2D eigenvalue weighted by Gasteiger charge is -2.20. The van der Waals surface area contributed by atoms with Gasteiger partial charge in [0.05, 0.1) is 17.8 Å². The Balaban J connectivity index is 4.34.